The summed E-state index contributed by atoms with van der Waals surface area (Å²) >= 11 is 0. The minimum Gasteiger partial charge on any atom is -0.486 e. The van der Waals surface area contributed by atoms with Crippen molar-refractivity contribution in [3.8, 4) is 11.5 Å². The molecule has 4 heterocycles. The molecule has 3 aromatic rings. The summed E-state index contributed by atoms with van der Waals surface area (Å²) in [6, 6.07) is 14.6. The molecule has 1 aromatic heterocycles. The number of urea groups is 1. The molecular formula is C26H25FN4O4. The summed E-state index contributed by atoms with van der Waals surface area (Å²) in [4.78, 5) is 29.6. The summed E-state index contributed by atoms with van der Waals surface area (Å²) in [5.74, 6) is 0.833. The summed E-state index contributed by atoms with van der Waals surface area (Å²) in [7, 11) is 0. The third-order valence-corrected chi connectivity index (χ3v) is 6.79. The van der Waals surface area contributed by atoms with Gasteiger partial charge in [0.15, 0.2) is 11.5 Å². The Balaban J connectivity index is 1.21. The number of carbonyl (C=O) groups excluding carboxylic acids is 2. The predicted molar refractivity (Wildman–Crippen MR) is 126 cm³/mol. The lowest BCUT2D eigenvalue weighted by atomic mass is 9.99. The van der Waals surface area contributed by atoms with Gasteiger partial charge in [-0.05, 0) is 30.3 Å². The molecule has 0 bridgehead atoms. The number of carbonyl (C=O) groups is 2. The minimum atomic E-state index is -0.550. The van der Waals surface area contributed by atoms with E-state index in [1.807, 2.05) is 29.0 Å². The molecule has 0 radical (unpaired) electrons. The number of amides is 3. The summed E-state index contributed by atoms with van der Waals surface area (Å²) in [5.41, 5.74) is 2.01. The van der Waals surface area contributed by atoms with Crippen LogP contribution in [0, 0.1) is 5.82 Å². The Hall–Kier alpha value is -4.01. The fourth-order valence-electron chi connectivity index (χ4n) is 5.14. The fraction of sp³-hybridized carbons (Fsp3) is 0.308. The number of nitrogens with zero attached hydrogens (tertiary/aromatic N) is 3. The van der Waals surface area contributed by atoms with Crippen molar-refractivity contribution >= 4 is 17.6 Å². The van der Waals surface area contributed by atoms with Crippen molar-refractivity contribution in [3.05, 3.63) is 77.9 Å². The van der Waals surface area contributed by atoms with E-state index in [0.717, 1.165) is 5.69 Å². The summed E-state index contributed by atoms with van der Waals surface area (Å²) in [6.07, 6.45) is 2.13. The van der Waals surface area contributed by atoms with Crippen LogP contribution in [0.15, 0.2) is 60.8 Å². The van der Waals surface area contributed by atoms with Crippen LogP contribution in [0.2, 0.25) is 0 Å². The van der Waals surface area contributed by atoms with E-state index in [1.54, 1.807) is 40.1 Å². The quantitative estimate of drug-likeness (QED) is 0.629. The second-order valence-electron chi connectivity index (χ2n) is 8.93. The second kappa shape index (κ2) is 8.65. The van der Waals surface area contributed by atoms with Gasteiger partial charge in [-0.2, -0.15) is 0 Å². The zero-order valence-corrected chi connectivity index (χ0v) is 19.0. The van der Waals surface area contributed by atoms with Crippen LogP contribution in [0.3, 0.4) is 0 Å². The van der Waals surface area contributed by atoms with Crippen molar-refractivity contribution < 1.29 is 23.5 Å². The monoisotopic (exact) mass is 476 g/mol. The zero-order valence-electron chi connectivity index (χ0n) is 19.0. The lowest BCUT2D eigenvalue weighted by molar-refractivity contribution is -0.117. The van der Waals surface area contributed by atoms with E-state index in [9.17, 15) is 14.0 Å². The van der Waals surface area contributed by atoms with E-state index in [4.69, 9.17) is 9.47 Å². The van der Waals surface area contributed by atoms with Crippen LogP contribution in [0.25, 0.3) is 0 Å². The number of hydrogen-bond acceptors (Lipinski definition) is 4. The maximum absolute atomic E-state index is 14.8. The average Bonchev–Trinajstić information content (AvgIpc) is 3.50. The second-order valence-corrected chi connectivity index (χ2v) is 8.93. The van der Waals surface area contributed by atoms with Crippen LogP contribution in [0.5, 0.6) is 11.5 Å². The van der Waals surface area contributed by atoms with Gasteiger partial charge in [-0.1, -0.05) is 18.2 Å². The molecule has 2 aromatic carbocycles. The Bertz CT molecular complexity index is 1290. The first kappa shape index (κ1) is 21.5. The molecule has 0 saturated carbocycles. The first-order chi connectivity index (χ1) is 17.1. The van der Waals surface area contributed by atoms with Gasteiger partial charge in [0.05, 0.1) is 6.04 Å². The largest absolute Gasteiger partial charge is 0.486 e. The molecule has 9 heteroatoms. The van der Waals surface area contributed by atoms with Crippen LogP contribution >= 0.6 is 0 Å². The van der Waals surface area contributed by atoms with E-state index >= 15 is 0 Å². The number of aromatic nitrogens is 1. The van der Waals surface area contributed by atoms with Gasteiger partial charge >= 0.3 is 6.03 Å². The molecule has 0 unspecified atom stereocenters. The topological polar surface area (TPSA) is 76.0 Å². The van der Waals surface area contributed by atoms with E-state index in [2.05, 4.69) is 5.32 Å². The third-order valence-electron chi connectivity index (χ3n) is 6.79. The summed E-state index contributed by atoms with van der Waals surface area (Å²) in [6.45, 7) is 2.36. The van der Waals surface area contributed by atoms with Gasteiger partial charge in [-0.25, -0.2) is 9.18 Å². The molecule has 2 atom stereocenters. The standard InChI is InChI=1S/C26H25FN4O4/c27-20-5-2-1-4-19(20)25-21-6-3-9-29(21)10-11-30(25)26(33)28-17-14-24(32)31(16-17)18-7-8-22-23(15-18)35-13-12-34-22/h1-9,15,17,25H,10-14,16H2,(H,28,33)/t17-,25-/m1/s1. The Kier molecular flexibility index (Phi) is 5.32. The van der Waals surface area contributed by atoms with Crippen molar-refractivity contribution in [1.29, 1.82) is 0 Å². The van der Waals surface area contributed by atoms with E-state index in [0.29, 0.717) is 55.6 Å². The first-order valence-electron chi connectivity index (χ1n) is 11.7. The van der Waals surface area contributed by atoms with Gasteiger partial charge in [-0.15, -0.1) is 0 Å². The van der Waals surface area contributed by atoms with Crippen LogP contribution in [-0.2, 0) is 11.3 Å². The molecule has 3 amide bonds. The summed E-state index contributed by atoms with van der Waals surface area (Å²) in [5, 5.41) is 3.02. The minimum absolute atomic E-state index is 0.0786. The lowest BCUT2D eigenvalue weighted by Gasteiger charge is -2.38. The normalized spacial score (nSPS) is 21.1. The van der Waals surface area contributed by atoms with Crippen molar-refractivity contribution in [2.24, 2.45) is 0 Å². The number of anilines is 1. The van der Waals surface area contributed by atoms with Gasteiger partial charge < -0.3 is 29.2 Å². The van der Waals surface area contributed by atoms with Crippen LogP contribution < -0.4 is 19.7 Å². The van der Waals surface area contributed by atoms with Crippen LogP contribution in [-0.4, -0.2) is 53.8 Å². The highest BCUT2D eigenvalue weighted by Crippen LogP contribution is 2.36. The predicted octanol–water partition coefficient (Wildman–Crippen LogP) is 3.32. The molecule has 1 saturated heterocycles. The highest BCUT2D eigenvalue weighted by atomic mass is 19.1. The first-order valence-corrected chi connectivity index (χ1v) is 11.7. The molecular weight excluding hydrogens is 451 g/mol. The van der Waals surface area contributed by atoms with Gasteiger partial charge in [0.1, 0.15) is 25.1 Å². The zero-order chi connectivity index (χ0) is 23.9. The lowest BCUT2D eigenvalue weighted by Crippen LogP contribution is -2.50. The van der Waals surface area contributed by atoms with Gasteiger partial charge in [0.25, 0.3) is 0 Å². The molecule has 6 rings (SSSR count). The number of fused-ring (bicyclic) bond motifs is 2. The number of nitrogens with one attached hydrogen (secondary N) is 1. The maximum atomic E-state index is 14.8. The highest BCUT2D eigenvalue weighted by molar-refractivity contribution is 5.97. The van der Waals surface area contributed by atoms with E-state index < -0.39 is 6.04 Å². The number of hydrogen-bond donors (Lipinski definition) is 1. The third kappa shape index (κ3) is 3.86. The molecule has 0 spiro atoms. The number of halogens is 1. The molecule has 180 valence electrons. The number of rotatable bonds is 3. The molecule has 1 N–H and O–H groups in total. The van der Waals surface area contributed by atoms with Gasteiger partial charge in [-0.3, -0.25) is 4.79 Å². The Labute approximate surface area is 201 Å². The molecule has 35 heavy (non-hydrogen) atoms. The number of ether oxygens (including phenoxy) is 2. The average molecular weight is 477 g/mol. The van der Waals surface area contributed by atoms with Gasteiger partial charge in [0, 0.05) is 55.3 Å². The fourth-order valence-corrected chi connectivity index (χ4v) is 5.14. The molecule has 3 aliphatic heterocycles. The smallest absolute Gasteiger partial charge is 0.318 e. The Morgan fingerprint density at radius 2 is 1.83 bits per heavy atom. The van der Waals surface area contributed by atoms with Crippen LogP contribution in [0.4, 0.5) is 14.9 Å². The molecule has 3 aliphatic rings. The Morgan fingerprint density at radius 3 is 2.69 bits per heavy atom. The van der Waals surface area contributed by atoms with Crippen molar-refractivity contribution in [1.82, 2.24) is 14.8 Å². The van der Waals surface area contributed by atoms with Crippen molar-refractivity contribution in [2.45, 2.75) is 25.0 Å². The van der Waals surface area contributed by atoms with Gasteiger partial charge in [0.2, 0.25) is 5.91 Å². The van der Waals surface area contributed by atoms with E-state index in [-0.39, 0.29) is 30.2 Å². The highest BCUT2D eigenvalue weighted by Gasteiger charge is 2.37. The maximum Gasteiger partial charge on any atom is 0.318 e. The van der Waals surface area contributed by atoms with Crippen molar-refractivity contribution in [2.75, 3.05) is 31.2 Å². The molecule has 0 aliphatic carbocycles. The molecule has 1 fully saturated rings. The van der Waals surface area contributed by atoms with Crippen LogP contribution in [0.1, 0.15) is 23.7 Å². The number of benzene rings is 2. The van der Waals surface area contributed by atoms with Crippen molar-refractivity contribution in [3.63, 3.8) is 0 Å². The summed E-state index contributed by atoms with van der Waals surface area (Å²) < 4.78 is 28.0. The van der Waals surface area contributed by atoms with E-state index in [1.165, 1.54) is 6.07 Å². The molecule has 8 nitrogen and oxygen atoms in total. The SMILES string of the molecule is O=C1C[C@@H](NC(=O)N2CCn3cccc3[C@H]2c2ccccc2F)CN1c1ccc2c(c1)OCCO2. The Morgan fingerprint density at radius 1 is 1.00 bits per heavy atom.